The first-order chi connectivity index (χ1) is 14.7. The van der Waals surface area contributed by atoms with Crippen molar-refractivity contribution in [2.45, 2.75) is 11.7 Å². The molecule has 1 amide bonds. The second kappa shape index (κ2) is 9.15. The van der Waals surface area contributed by atoms with Gasteiger partial charge in [-0.05, 0) is 41.3 Å². The number of hydrogen-bond acceptors (Lipinski definition) is 6. The van der Waals surface area contributed by atoms with E-state index in [0.717, 1.165) is 17.0 Å². The minimum Gasteiger partial charge on any atom is -0.497 e. The smallest absolute Gasteiger partial charge is 0.276 e. The van der Waals surface area contributed by atoms with E-state index >= 15 is 0 Å². The van der Waals surface area contributed by atoms with Gasteiger partial charge >= 0.3 is 0 Å². The summed E-state index contributed by atoms with van der Waals surface area (Å²) in [6.45, 7) is 0.422. The summed E-state index contributed by atoms with van der Waals surface area (Å²) in [5.41, 5.74) is 2.24. The number of ether oxygens (including phenoxy) is 1. The number of rotatable bonds is 7. The van der Waals surface area contributed by atoms with E-state index in [4.69, 9.17) is 4.74 Å². The molecule has 4 aromatic rings. The zero-order valence-corrected chi connectivity index (χ0v) is 17.8. The fraction of sp³-hybridized carbons (Fsp3) is 0.136. The van der Waals surface area contributed by atoms with Gasteiger partial charge in [0.15, 0.2) is 5.16 Å². The maximum Gasteiger partial charge on any atom is 0.276 e. The molecule has 0 aliphatic carbocycles. The molecule has 0 radical (unpaired) electrons. The Labute approximate surface area is 181 Å². The molecule has 4 rings (SSSR count). The highest BCUT2D eigenvalue weighted by molar-refractivity contribution is 7.99. The predicted molar refractivity (Wildman–Crippen MR) is 121 cm³/mol. The molecular formula is C22H19N3O3S2. The monoisotopic (exact) mass is 437 g/mol. The molecule has 152 valence electrons. The van der Waals surface area contributed by atoms with E-state index in [-0.39, 0.29) is 17.2 Å². The average molecular weight is 438 g/mol. The normalized spacial score (nSPS) is 10.8. The SMILES string of the molecule is COc1ccc(CNC(=O)CSc2nc3ccsc3c(=O)n2-c2ccccc2)cc1. The predicted octanol–water partition coefficient (Wildman–Crippen LogP) is 3.86. The van der Waals surface area contributed by atoms with E-state index in [1.807, 2.05) is 66.0 Å². The Balaban J connectivity index is 1.50. The highest BCUT2D eigenvalue weighted by atomic mass is 32.2. The highest BCUT2D eigenvalue weighted by Crippen LogP contribution is 2.23. The molecule has 2 heterocycles. The molecule has 0 bridgehead atoms. The Morgan fingerprint density at radius 1 is 1.13 bits per heavy atom. The number of benzene rings is 2. The summed E-state index contributed by atoms with van der Waals surface area (Å²) >= 11 is 2.62. The van der Waals surface area contributed by atoms with Gasteiger partial charge in [0.05, 0.1) is 24.1 Å². The summed E-state index contributed by atoms with van der Waals surface area (Å²) < 4.78 is 7.31. The Morgan fingerprint density at radius 2 is 1.90 bits per heavy atom. The molecule has 6 nitrogen and oxygen atoms in total. The van der Waals surface area contributed by atoms with Crippen LogP contribution in [0.15, 0.2) is 76.0 Å². The number of aromatic nitrogens is 2. The maximum atomic E-state index is 13.0. The van der Waals surface area contributed by atoms with Gasteiger partial charge in [0.25, 0.3) is 5.56 Å². The molecular weight excluding hydrogens is 418 g/mol. The van der Waals surface area contributed by atoms with E-state index in [9.17, 15) is 9.59 Å². The van der Waals surface area contributed by atoms with Crippen LogP contribution in [-0.4, -0.2) is 28.3 Å². The topological polar surface area (TPSA) is 73.2 Å². The number of methoxy groups -OCH3 is 1. The molecule has 0 unspecified atom stereocenters. The van der Waals surface area contributed by atoms with E-state index in [0.29, 0.717) is 21.9 Å². The largest absolute Gasteiger partial charge is 0.497 e. The third kappa shape index (κ3) is 4.39. The summed E-state index contributed by atoms with van der Waals surface area (Å²) in [5, 5.41) is 5.25. The van der Waals surface area contributed by atoms with Crippen LogP contribution in [0.3, 0.4) is 0 Å². The summed E-state index contributed by atoms with van der Waals surface area (Å²) in [4.78, 5) is 30.0. The number of para-hydroxylation sites is 1. The van der Waals surface area contributed by atoms with Gasteiger partial charge in [-0.25, -0.2) is 4.98 Å². The molecule has 0 aliphatic heterocycles. The third-order valence-electron chi connectivity index (χ3n) is 4.44. The summed E-state index contributed by atoms with van der Waals surface area (Å²) in [6.07, 6.45) is 0. The highest BCUT2D eigenvalue weighted by Gasteiger charge is 2.15. The van der Waals surface area contributed by atoms with Crippen molar-refractivity contribution in [3.8, 4) is 11.4 Å². The van der Waals surface area contributed by atoms with Crippen molar-refractivity contribution in [3.63, 3.8) is 0 Å². The van der Waals surface area contributed by atoms with E-state index < -0.39 is 0 Å². The van der Waals surface area contributed by atoms with Crippen LogP contribution in [0.4, 0.5) is 0 Å². The summed E-state index contributed by atoms with van der Waals surface area (Å²) in [7, 11) is 1.62. The van der Waals surface area contributed by atoms with Gasteiger partial charge in [-0.1, -0.05) is 42.1 Å². The molecule has 0 aliphatic rings. The Morgan fingerprint density at radius 3 is 2.63 bits per heavy atom. The zero-order valence-electron chi connectivity index (χ0n) is 16.2. The maximum absolute atomic E-state index is 13.0. The Kier molecular flexibility index (Phi) is 6.15. The van der Waals surface area contributed by atoms with Crippen LogP contribution < -0.4 is 15.6 Å². The molecule has 0 atom stereocenters. The van der Waals surface area contributed by atoms with Crippen molar-refractivity contribution in [1.82, 2.24) is 14.9 Å². The fourth-order valence-electron chi connectivity index (χ4n) is 2.92. The van der Waals surface area contributed by atoms with E-state index in [1.165, 1.54) is 23.1 Å². The van der Waals surface area contributed by atoms with Crippen molar-refractivity contribution in [2.75, 3.05) is 12.9 Å². The zero-order chi connectivity index (χ0) is 20.9. The van der Waals surface area contributed by atoms with Crippen LogP contribution in [0, 0.1) is 0 Å². The first-order valence-corrected chi connectivity index (χ1v) is 11.1. The minimum absolute atomic E-state index is 0.123. The van der Waals surface area contributed by atoms with Crippen molar-refractivity contribution >= 4 is 39.2 Å². The quantitative estimate of drug-likeness (QED) is 0.351. The fourth-order valence-corrected chi connectivity index (χ4v) is 4.52. The lowest BCUT2D eigenvalue weighted by molar-refractivity contribution is -0.118. The first kappa shape index (κ1) is 20.2. The second-order valence-corrected chi connectivity index (χ2v) is 8.28. The van der Waals surface area contributed by atoms with E-state index in [2.05, 4.69) is 10.3 Å². The van der Waals surface area contributed by atoms with Gasteiger partial charge in [-0.2, -0.15) is 0 Å². The summed E-state index contributed by atoms with van der Waals surface area (Å²) in [6, 6.07) is 18.7. The number of thioether (sulfide) groups is 1. The summed E-state index contributed by atoms with van der Waals surface area (Å²) in [5.74, 6) is 0.801. The van der Waals surface area contributed by atoms with Crippen LogP contribution in [0.5, 0.6) is 5.75 Å². The van der Waals surface area contributed by atoms with Gasteiger partial charge < -0.3 is 10.1 Å². The minimum atomic E-state index is -0.130. The van der Waals surface area contributed by atoms with Gasteiger partial charge in [-0.15, -0.1) is 11.3 Å². The molecule has 0 saturated carbocycles. The first-order valence-electron chi connectivity index (χ1n) is 9.24. The lowest BCUT2D eigenvalue weighted by atomic mass is 10.2. The van der Waals surface area contributed by atoms with Crippen molar-refractivity contribution in [1.29, 1.82) is 0 Å². The van der Waals surface area contributed by atoms with Crippen molar-refractivity contribution in [3.05, 3.63) is 82.0 Å². The number of hydrogen-bond donors (Lipinski definition) is 1. The number of amides is 1. The molecule has 2 aromatic carbocycles. The lowest BCUT2D eigenvalue weighted by Crippen LogP contribution is -2.26. The number of thiophene rings is 1. The number of fused-ring (bicyclic) bond motifs is 1. The second-order valence-electron chi connectivity index (χ2n) is 6.42. The number of carbonyl (C=O) groups is 1. The van der Waals surface area contributed by atoms with Gasteiger partial charge in [0.1, 0.15) is 10.4 Å². The number of nitrogens with zero attached hydrogens (tertiary/aromatic N) is 2. The van der Waals surface area contributed by atoms with Crippen LogP contribution in [0.1, 0.15) is 5.56 Å². The van der Waals surface area contributed by atoms with Crippen molar-refractivity contribution < 1.29 is 9.53 Å². The molecule has 2 aromatic heterocycles. The third-order valence-corrected chi connectivity index (χ3v) is 6.27. The molecule has 0 spiro atoms. The van der Waals surface area contributed by atoms with Gasteiger partial charge in [0.2, 0.25) is 5.91 Å². The van der Waals surface area contributed by atoms with Crippen LogP contribution in [0.25, 0.3) is 15.9 Å². The molecule has 30 heavy (non-hydrogen) atoms. The van der Waals surface area contributed by atoms with Gasteiger partial charge in [0, 0.05) is 6.54 Å². The van der Waals surface area contributed by atoms with Gasteiger partial charge in [-0.3, -0.25) is 14.2 Å². The Bertz CT molecular complexity index is 1220. The van der Waals surface area contributed by atoms with Crippen LogP contribution >= 0.6 is 23.1 Å². The molecule has 0 saturated heterocycles. The average Bonchev–Trinajstić information content (AvgIpc) is 3.26. The number of nitrogens with one attached hydrogen (secondary N) is 1. The number of carbonyl (C=O) groups excluding carboxylic acids is 1. The van der Waals surface area contributed by atoms with Crippen LogP contribution in [0.2, 0.25) is 0 Å². The molecule has 1 N–H and O–H groups in total. The van der Waals surface area contributed by atoms with Crippen molar-refractivity contribution in [2.24, 2.45) is 0 Å². The molecule has 0 fully saturated rings. The van der Waals surface area contributed by atoms with Crippen LogP contribution in [-0.2, 0) is 11.3 Å². The molecule has 8 heteroatoms. The Hall–Kier alpha value is -3.10. The standard InChI is InChI=1S/C22H19N3O3S2/c1-28-17-9-7-15(8-10-17)13-23-19(26)14-30-22-24-18-11-12-29-20(18)21(27)25(22)16-5-3-2-4-6-16/h2-12H,13-14H2,1H3,(H,23,26). The lowest BCUT2D eigenvalue weighted by Gasteiger charge is -2.12. The van der Waals surface area contributed by atoms with E-state index in [1.54, 1.807) is 11.7 Å².